The highest BCUT2D eigenvalue weighted by molar-refractivity contribution is 5.92. The van der Waals surface area contributed by atoms with Gasteiger partial charge >= 0.3 is 0 Å². The fourth-order valence-electron chi connectivity index (χ4n) is 2.45. The van der Waals surface area contributed by atoms with Crippen molar-refractivity contribution in [2.24, 2.45) is 5.92 Å². The van der Waals surface area contributed by atoms with Crippen molar-refractivity contribution in [2.45, 2.75) is 33.1 Å². The molecule has 2 N–H and O–H groups in total. The highest BCUT2D eigenvalue weighted by Gasteiger charge is 2.20. The maximum atomic E-state index is 12.1. The molecule has 0 saturated carbocycles. The van der Waals surface area contributed by atoms with Gasteiger partial charge in [0.2, 0.25) is 5.91 Å². The van der Waals surface area contributed by atoms with Gasteiger partial charge in [-0.25, -0.2) is 0 Å². The van der Waals surface area contributed by atoms with E-state index in [-0.39, 0.29) is 24.2 Å². The SMILES string of the molecule is CCc1cc(NC(=O)C2CCCNC2)ccc1C.Cl. The summed E-state index contributed by atoms with van der Waals surface area (Å²) < 4.78 is 0. The predicted molar refractivity (Wildman–Crippen MR) is 82.0 cm³/mol. The van der Waals surface area contributed by atoms with E-state index < -0.39 is 0 Å². The number of rotatable bonds is 3. The zero-order valence-corrected chi connectivity index (χ0v) is 12.5. The molecule has 1 unspecified atom stereocenters. The Morgan fingerprint density at radius 3 is 2.89 bits per heavy atom. The molecule has 0 aromatic heterocycles. The van der Waals surface area contributed by atoms with Crippen LogP contribution < -0.4 is 10.6 Å². The molecule has 1 atom stereocenters. The zero-order chi connectivity index (χ0) is 13.0. The van der Waals surface area contributed by atoms with Crippen LogP contribution in [0.2, 0.25) is 0 Å². The van der Waals surface area contributed by atoms with Gasteiger partial charge in [-0.05, 0) is 56.0 Å². The second-order valence-electron chi connectivity index (χ2n) is 5.03. The monoisotopic (exact) mass is 282 g/mol. The first kappa shape index (κ1) is 16.0. The normalized spacial score (nSPS) is 18.5. The summed E-state index contributed by atoms with van der Waals surface area (Å²) in [5.74, 6) is 0.262. The summed E-state index contributed by atoms with van der Waals surface area (Å²) >= 11 is 0. The summed E-state index contributed by atoms with van der Waals surface area (Å²) in [4.78, 5) is 12.1. The molecule has 1 saturated heterocycles. The van der Waals surface area contributed by atoms with E-state index in [1.807, 2.05) is 6.07 Å². The predicted octanol–water partition coefficient (Wildman–Crippen LogP) is 2.92. The first-order chi connectivity index (χ1) is 8.70. The molecule has 3 nitrogen and oxygen atoms in total. The summed E-state index contributed by atoms with van der Waals surface area (Å²) in [7, 11) is 0. The zero-order valence-electron chi connectivity index (χ0n) is 11.7. The summed E-state index contributed by atoms with van der Waals surface area (Å²) in [5, 5.41) is 6.31. The smallest absolute Gasteiger partial charge is 0.228 e. The van der Waals surface area contributed by atoms with Crippen molar-refractivity contribution in [1.82, 2.24) is 5.32 Å². The number of benzene rings is 1. The maximum absolute atomic E-state index is 12.1. The third-order valence-corrected chi connectivity index (χ3v) is 3.67. The lowest BCUT2D eigenvalue weighted by atomic mass is 9.98. The number of halogens is 1. The molecule has 19 heavy (non-hydrogen) atoms. The Balaban J connectivity index is 0.00000180. The molecule has 1 aliphatic heterocycles. The third-order valence-electron chi connectivity index (χ3n) is 3.67. The van der Waals surface area contributed by atoms with Crippen LogP contribution in [0.3, 0.4) is 0 Å². The molecule has 1 aromatic rings. The standard InChI is InChI=1S/C15H22N2O.ClH/c1-3-12-9-14(7-6-11(12)2)17-15(18)13-5-4-8-16-10-13;/h6-7,9,13,16H,3-5,8,10H2,1-2H3,(H,17,18);1H. The quantitative estimate of drug-likeness (QED) is 0.895. The minimum atomic E-state index is 0. The lowest BCUT2D eigenvalue weighted by molar-refractivity contribution is -0.120. The van der Waals surface area contributed by atoms with Crippen LogP contribution in [-0.2, 0) is 11.2 Å². The average molecular weight is 283 g/mol. The van der Waals surface area contributed by atoms with Crippen molar-refractivity contribution in [2.75, 3.05) is 18.4 Å². The number of carbonyl (C=O) groups excluding carboxylic acids is 1. The van der Waals surface area contributed by atoms with Gasteiger partial charge < -0.3 is 10.6 Å². The van der Waals surface area contributed by atoms with Gasteiger partial charge in [0.15, 0.2) is 0 Å². The highest BCUT2D eigenvalue weighted by atomic mass is 35.5. The molecule has 0 bridgehead atoms. The summed E-state index contributed by atoms with van der Waals surface area (Å²) in [6.07, 6.45) is 3.08. The van der Waals surface area contributed by atoms with E-state index in [9.17, 15) is 4.79 Å². The fraction of sp³-hybridized carbons (Fsp3) is 0.533. The minimum Gasteiger partial charge on any atom is -0.326 e. The van der Waals surface area contributed by atoms with Gasteiger partial charge in [0, 0.05) is 12.2 Å². The van der Waals surface area contributed by atoms with Crippen LogP contribution in [-0.4, -0.2) is 19.0 Å². The molecule has 4 heteroatoms. The Morgan fingerprint density at radius 2 is 2.26 bits per heavy atom. The largest absolute Gasteiger partial charge is 0.326 e. The van der Waals surface area contributed by atoms with E-state index >= 15 is 0 Å². The lowest BCUT2D eigenvalue weighted by Gasteiger charge is -2.22. The number of nitrogens with one attached hydrogen (secondary N) is 2. The molecule has 0 radical (unpaired) electrons. The highest BCUT2D eigenvalue weighted by Crippen LogP contribution is 2.18. The Bertz CT molecular complexity index is 428. The molecular weight excluding hydrogens is 260 g/mol. The second kappa shape index (κ2) is 7.51. The molecule has 1 amide bonds. The van der Waals surface area contributed by atoms with Crippen molar-refractivity contribution >= 4 is 24.0 Å². The van der Waals surface area contributed by atoms with Crippen molar-refractivity contribution in [3.63, 3.8) is 0 Å². The van der Waals surface area contributed by atoms with Crippen LogP contribution in [0.15, 0.2) is 18.2 Å². The molecular formula is C15H23ClN2O. The second-order valence-corrected chi connectivity index (χ2v) is 5.03. The number of hydrogen-bond donors (Lipinski definition) is 2. The lowest BCUT2D eigenvalue weighted by Crippen LogP contribution is -2.37. The molecule has 1 aliphatic rings. The van der Waals surface area contributed by atoms with Crippen molar-refractivity contribution in [3.8, 4) is 0 Å². The van der Waals surface area contributed by atoms with Crippen molar-refractivity contribution in [3.05, 3.63) is 29.3 Å². The summed E-state index contributed by atoms with van der Waals surface area (Å²) in [6.45, 7) is 6.08. The topological polar surface area (TPSA) is 41.1 Å². The molecule has 1 heterocycles. The fourth-order valence-corrected chi connectivity index (χ4v) is 2.45. The average Bonchev–Trinajstić information content (AvgIpc) is 2.42. The van der Waals surface area contributed by atoms with Gasteiger partial charge in [-0.1, -0.05) is 13.0 Å². The molecule has 106 valence electrons. The van der Waals surface area contributed by atoms with E-state index in [4.69, 9.17) is 0 Å². The van der Waals surface area contributed by atoms with Gasteiger partial charge in [-0.15, -0.1) is 12.4 Å². The number of aryl methyl sites for hydroxylation is 2. The maximum Gasteiger partial charge on any atom is 0.228 e. The minimum absolute atomic E-state index is 0. The van der Waals surface area contributed by atoms with Crippen LogP contribution in [0.25, 0.3) is 0 Å². The molecule has 0 aliphatic carbocycles. The molecule has 1 aromatic carbocycles. The molecule has 2 rings (SSSR count). The van der Waals surface area contributed by atoms with Gasteiger partial charge in [0.25, 0.3) is 0 Å². The first-order valence-corrected chi connectivity index (χ1v) is 6.82. The van der Waals surface area contributed by atoms with Gasteiger partial charge in [0.1, 0.15) is 0 Å². The number of amides is 1. The number of anilines is 1. The summed E-state index contributed by atoms with van der Waals surface area (Å²) in [6, 6.07) is 6.15. The van der Waals surface area contributed by atoms with E-state index in [2.05, 4.69) is 36.6 Å². The van der Waals surface area contributed by atoms with E-state index in [0.717, 1.165) is 38.0 Å². The number of piperidine rings is 1. The van der Waals surface area contributed by atoms with Gasteiger partial charge in [-0.2, -0.15) is 0 Å². The van der Waals surface area contributed by atoms with Gasteiger partial charge in [0.05, 0.1) is 5.92 Å². The van der Waals surface area contributed by atoms with Crippen LogP contribution >= 0.6 is 12.4 Å². The number of hydrogen-bond acceptors (Lipinski definition) is 2. The molecule has 0 spiro atoms. The van der Waals surface area contributed by atoms with Crippen LogP contribution in [0.1, 0.15) is 30.9 Å². The van der Waals surface area contributed by atoms with E-state index in [1.54, 1.807) is 0 Å². The molecule has 1 fully saturated rings. The van der Waals surface area contributed by atoms with Crippen molar-refractivity contribution < 1.29 is 4.79 Å². The van der Waals surface area contributed by atoms with E-state index in [0.29, 0.717) is 0 Å². The Morgan fingerprint density at radius 1 is 1.47 bits per heavy atom. The van der Waals surface area contributed by atoms with E-state index in [1.165, 1.54) is 11.1 Å². The van der Waals surface area contributed by atoms with Crippen LogP contribution in [0.5, 0.6) is 0 Å². The van der Waals surface area contributed by atoms with Crippen LogP contribution in [0.4, 0.5) is 5.69 Å². The van der Waals surface area contributed by atoms with Gasteiger partial charge in [-0.3, -0.25) is 4.79 Å². The Hall–Kier alpha value is -1.06. The Kier molecular flexibility index (Phi) is 6.32. The first-order valence-electron chi connectivity index (χ1n) is 6.82. The summed E-state index contributed by atoms with van der Waals surface area (Å²) in [5.41, 5.74) is 3.51. The third kappa shape index (κ3) is 4.22. The number of carbonyl (C=O) groups is 1. The Labute approximate surface area is 121 Å². The van der Waals surface area contributed by atoms with Crippen LogP contribution in [0, 0.1) is 12.8 Å². The van der Waals surface area contributed by atoms with Crippen molar-refractivity contribution in [1.29, 1.82) is 0 Å².